The molecule has 0 amide bonds. The van der Waals surface area contributed by atoms with Gasteiger partial charge in [-0.15, -0.1) is 0 Å². The third-order valence-electron chi connectivity index (χ3n) is 2.65. The number of carbonyl (C=O) groups is 1. The van der Waals surface area contributed by atoms with Gasteiger partial charge in [-0.25, -0.2) is 0 Å². The van der Waals surface area contributed by atoms with Crippen LogP contribution in [0.15, 0.2) is 36.7 Å². The fourth-order valence-corrected chi connectivity index (χ4v) is 1.62. The number of nitrogens with two attached hydrogens (primary N) is 1. The van der Waals surface area contributed by atoms with Crippen molar-refractivity contribution in [3.8, 4) is 11.1 Å². The zero-order chi connectivity index (χ0) is 13.0. The van der Waals surface area contributed by atoms with Crippen molar-refractivity contribution in [1.29, 1.82) is 0 Å². The van der Waals surface area contributed by atoms with Gasteiger partial charge in [-0.2, -0.15) is 5.10 Å². The van der Waals surface area contributed by atoms with Gasteiger partial charge in [0.1, 0.15) is 0 Å². The van der Waals surface area contributed by atoms with Gasteiger partial charge < -0.3 is 10.5 Å². The largest absolute Gasteiger partial charge is 0.469 e. The first-order chi connectivity index (χ1) is 8.69. The summed E-state index contributed by atoms with van der Waals surface area (Å²) in [6.45, 7) is 0.516. The highest BCUT2D eigenvalue weighted by Gasteiger charge is 2.04. The molecule has 18 heavy (non-hydrogen) atoms. The lowest BCUT2D eigenvalue weighted by atomic mass is 10.1. The van der Waals surface area contributed by atoms with E-state index in [2.05, 4.69) is 9.84 Å². The lowest BCUT2D eigenvalue weighted by Crippen LogP contribution is -2.07. The zero-order valence-corrected chi connectivity index (χ0v) is 10.2. The van der Waals surface area contributed by atoms with Crippen LogP contribution >= 0.6 is 0 Å². The van der Waals surface area contributed by atoms with E-state index in [1.54, 1.807) is 10.9 Å². The molecule has 5 heteroatoms. The van der Waals surface area contributed by atoms with Crippen molar-refractivity contribution in [1.82, 2.24) is 9.78 Å². The molecule has 5 nitrogen and oxygen atoms in total. The Hall–Kier alpha value is -2.30. The van der Waals surface area contributed by atoms with Crippen molar-refractivity contribution in [2.45, 2.75) is 13.0 Å². The lowest BCUT2D eigenvalue weighted by molar-refractivity contribution is -0.140. The Bertz CT molecular complexity index is 531. The molecule has 0 aliphatic carbocycles. The molecular formula is C13H15N3O2. The molecule has 0 fully saturated rings. The molecule has 0 aliphatic heterocycles. The zero-order valence-electron chi connectivity index (χ0n) is 10.2. The van der Waals surface area contributed by atoms with Crippen LogP contribution in [0.1, 0.15) is 6.42 Å². The van der Waals surface area contributed by atoms with E-state index in [9.17, 15) is 4.79 Å². The third kappa shape index (κ3) is 2.88. The Morgan fingerprint density at radius 3 is 2.72 bits per heavy atom. The topological polar surface area (TPSA) is 70.1 Å². The van der Waals surface area contributed by atoms with Crippen molar-refractivity contribution >= 4 is 11.7 Å². The second kappa shape index (κ2) is 5.35. The molecule has 0 unspecified atom stereocenters. The summed E-state index contributed by atoms with van der Waals surface area (Å²) in [6.07, 6.45) is 3.98. The highest BCUT2D eigenvalue weighted by molar-refractivity contribution is 5.69. The highest BCUT2D eigenvalue weighted by atomic mass is 16.5. The van der Waals surface area contributed by atoms with Gasteiger partial charge in [-0.05, 0) is 17.7 Å². The number of rotatable bonds is 4. The molecule has 1 aromatic heterocycles. The number of hydrogen-bond acceptors (Lipinski definition) is 4. The molecule has 0 spiro atoms. The molecule has 0 atom stereocenters. The molecule has 94 valence electrons. The summed E-state index contributed by atoms with van der Waals surface area (Å²) in [5.41, 5.74) is 8.42. The summed E-state index contributed by atoms with van der Waals surface area (Å²) >= 11 is 0. The van der Waals surface area contributed by atoms with E-state index in [1.165, 1.54) is 7.11 Å². The molecule has 0 bridgehead atoms. The molecule has 2 rings (SSSR count). The monoisotopic (exact) mass is 245 g/mol. The number of hydrogen-bond donors (Lipinski definition) is 1. The van der Waals surface area contributed by atoms with Gasteiger partial charge in [0, 0.05) is 17.4 Å². The smallest absolute Gasteiger partial charge is 0.307 e. The molecule has 1 heterocycles. The molecule has 0 saturated carbocycles. The maximum absolute atomic E-state index is 11.0. The minimum absolute atomic E-state index is 0.237. The van der Waals surface area contributed by atoms with Crippen LogP contribution in [0.3, 0.4) is 0 Å². The fourth-order valence-electron chi connectivity index (χ4n) is 1.62. The highest BCUT2D eigenvalue weighted by Crippen LogP contribution is 2.19. The standard InChI is InChI=1S/C13H15N3O2/c1-18-13(17)6-7-16-9-11(8-15-16)10-2-4-12(14)5-3-10/h2-5,8-9H,6-7,14H2,1H3. The Labute approximate surface area is 105 Å². The van der Waals surface area contributed by atoms with Gasteiger partial charge in [0.15, 0.2) is 0 Å². The molecule has 1 aromatic carbocycles. The predicted molar refractivity (Wildman–Crippen MR) is 68.7 cm³/mol. The number of nitrogen functional groups attached to an aromatic ring is 1. The van der Waals surface area contributed by atoms with Crippen molar-refractivity contribution in [3.05, 3.63) is 36.7 Å². The van der Waals surface area contributed by atoms with Crippen LogP contribution < -0.4 is 5.73 Å². The summed E-state index contributed by atoms with van der Waals surface area (Å²) in [4.78, 5) is 11.0. The van der Waals surface area contributed by atoms with Gasteiger partial charge in [-0.1, -0.05) is 12.1 Å². The first-order valence-corrected chi connectivity index (χ1v) is 5.64. The predicted octanol–water partition coefficient (Wildman–Crippen LogP) is 1.70. The van der Waals surface area contributed by atoms with Gasteiger partial charge in [0.25, 0.3) is 0 Å². The van der Waals surface area contributed by atoms with E-state index < -0.39 is 0 Å². The Morgan fingerprint density at radius 1 is 1.33 bits per heavy atom. The minimum Gasteiger partial charge on any atom is -0.469 e. The van der Waals surface area contributed by atoms with Crippen LogP contribution in [-0.4, -0.2) is 22.9 Å². The summed E-state index contributed by atoms with van der Waals surface area (Å²) in [6, 6.07) is 7.58. The number of nitrogens with zero attached hydrogens (tertiary/aromatic N) is 2. The normalized spacial score (nSPS) is 10.3. The average Bonchev–Trinajstić information content (AvgIpc) is 2.85. The van der Waals surface area contributed by atoms with Gasteiger partial charge in [0.2, 0.25) is 0 Å². The van der Waals surface area contributed by atoms with Gasteiger partial charge in [-0.3, -0.25) is 9.48 Å². The minimum atomic E-state index is -0.237. The lowest BCUT2D eigenvalue weighted by Gasteiger charge is -2.00. The Balaban J connectivity index is 2.06. The molecular weight excluding hydrogens is 230 g/mol. The molecule has 2 N–H and O–H groups in total. The molecule has 0 aliphatic rings. The van der Waals surface area contributed by atoms with Crippen molar-refractivity contribution in [2.24, 2.45) is 0 Å². The number of carbonyl (C=O) groups excluding carboxylic acids is 1. The number of aromatic nitrogens is 2. The van der Waals surface area contributed by atoms with E-state index in [0.717, 1.165) is 16.8 Å². The molecule has 0 radical (unpaired) electrons. The van der Waals surface area contributed by atoms with Crippen LogP contribution in [0.5, 0.6) is 0 Å². The third-order valence-corrected chi connectivity index (χ3v) is 2.65. The second-order valence-electron chi connectivity index (χ2n) is 3.94. The summed E-state index contributed by atoms with van der Waals surface area (Å²) < 4.78 is 6.31. The molecule has 0 saturated heterocycles. The van der Waals surface area contributed by atoms with E-state index in [4.69, 9.17) is 5.73 Å². The van der Waals surface area contributed by atoms with Crippen LogP contribution in [-0.2, 0) is 16.1 Å². The van der Waals surface area contributed by atoms with Crippen molar-refractivity contribution in [2.75, 3.05) is 12.8 Å². The second-order valence-corrected chi connectivity index (χ2v) is 3.94. The van der Waals surface area contributed by atoms with Crippen LogP contribution in [0.4, 0.5) is 5.69 Å². The summed E-state index contributed by atoms with van der Waals surface area (Å²) in [5.74, 6) is -0.237. The maximum Gasteiger partial charge on any atom is 0.307 e. The Kier molecular flexibility index (Phi) is 3.62. The maximum atomic E-state index is 11.0. The quantitative estimate of drug-likeness (QED) is 0.657. The average molecular weight is 245 g/mol. The summed E-state index contributed by atoms with van der Waals surface area (Å²) in [5, 5.41) is 4.20. The van der Waals surface area contributed by atoms with Crippen LogP contribution in [0.25, 0.3) is 11.1 Å². The SMILES string of the molecule is COC(=O)CCn1cc(-c2ccc(N)cc2)cn1. The van der Waals surface area contributed by atoms with Crippen molar-refractivity contribution in [3.63, 3.8) is 0 Å². The van der Waals surface area contributed by atoms with E-state index in [0.29, 0.717) is 13.0 Å². The number of aryl methyl sites for hydroxylation is 1. The molecule has 2 aromatic rings. The van der Waals surface area contributed by atoms with Gasteiger partial charge >= 0.3 is 5.97 Å². The summed E-state index contributed by atoms with van der Waals surface area (Å²) in [7, 11) is 1.38. The number of esters is 1. The van der Waals surface area contributed by atoms with Crippen molar-refractivity contribution < 1.29 is 9.53 Å². The van der Waals surface area contributed by atoms with E-state index >= 15 is 0 Å². The van der Waals surface area contributed by atoms with E-state index in [-0.39, 0.29) is 5.97 Å². The number of methoxy groups -OCH3 is 1. The van der Waals surface area contributed by atoms with Gasteiger partial charge in [0.05, 0.1) is 26.3 Å². The van der Waals surface area contributed by atoms with Crippen LogP contribution in [0.2, 0.25) is 0 Å². The first kappa shape index (κ1) is 12.2. The number of ether oxygens (including phenoxy) is 1. The fraction of sp³-hybridized carbons (Fsp3) is 0.231. The first-order valence-electron chi connectivity index (χ1n) is 5.64. The number of benzene rings is 1. The Morgan fingerprint density at radius 2 is 2.06 bits per heavy atom. The number of anilines is 1. The van der Waals surface area contributed by atoms with E-state index in [1.807, 2.05) is 30.5 Å². The van der Waals surface area contributed by atoms with Crippen LogP contribution in [0, 0.1) is 0 Å².